The highest BCUT2D eigenvalue weighted by molar-refractivity contribution is 6.33. The summed E-state index contributed by atoms with van der Waals surface area (Å²) < 4.78 is 0. The molecule has 0 unspecified atom stereocenters. The SMILES string of the molecule is O=[N+]([O-])c1cnc(N2CC[C@H]3CNC[C@H]32)c(Cl)c1. The summed E-state index contributed by atoms with van der Waals surface area (Å²) in [7, 11) is 0. The third kappa shape index (κ3) is 1.81. The fraction of sp³-hybridized carbons (Fsp3) is 0.545. The van der Waals surface area contributed by atoms with Crippen molar-refractivity contribution >= 4 is 23.1 Å². The summed E-state index contributed by atoms with van der Waals surface area (Å²) >= 11 is 6.11. The highest BCUT2D eigenvalue weighted by Crippen LogP contribution is 2.35. The van der Waals surface area contributed by atoms with Gasteiger partial charge in [-0.3, -0.25) is 10.1 Å². The summed E-state index contributed by atoms with van der Waals surface area (Å²) in [6, 6.07) is 1.79. The zero-order valence-electron chi connectivity index (χ0n) is 9.67. The molecule has 0 amide bonds. The molecular formula is C11H13ClN4O2. The van der Waals surface area contributed by atoms with Crippen LogP contribution in [0.15, 0.2) is 12.3 Å². The van der Waals surface area contributed by atoms with Gasteiger partial charge in [-0.1, -0.05) is 11.6 Å². The van der Waals surface area contributed by atoms with Gasteiger partial charge in [0.25, 0.3) is 5.69 Å². The molecule has 1 N–H and O–H groups in total. The predicted octanol–water partition coefficient (Wildman–Crippen LogP) is 1.44. The Labute approximate surface area is 109 Å². The standard InChI is InChI=1S/C11H13ClN4O2/c12-9-3-8(16(17)18)5-14-11(9)15-2-1-7-4-13-6-10(7)15/h3,5,7,10,13H,1-2,4,6H2/t7-,10+/m0/s1. The molecule has 6 nitrogen and oxygen atoms in total. The van der Waals surface area contributed by atoms with E-state index in [1.165, 1.54) is 12.3 Å². The molecule has 1 aromatic rings. The average Bonchev–Trinajstić information content (AvgIpc) is 2.91. The number of nitro groups is 1. The van der Waals surface area contributed by atoms with E-state index in [4.69, 9.17) is 11.6 Å². The first-order valence-corrected chi connectivity index (χ1v) is 6.32. The molecule has 96 valence electrons. The van der Waals surface area contributed by atoms with E-state index >= 15 is 0 Å². The largest absolute Gasteiger partial charge is 0.351 e. The molecule has 3 heterocycles. The van der Waals surface area contributed by atoms with Gasteiger partial charge in [-0.15, -0.1) is 0 Å². The zero-order valence-corrected chi connectivity index (χ0v) is 10.4. The third-order valence-corrected chi connectivity index (χ3v) is 4.01. The van der Waals surface area contributed by atoms with Crippen molar-refractivity contribution in [3.8, 4) is 0 Å². The van der Waals surface area contributed by atoms with Gasteiger partial charge in [0.15, 0.2) is 0 Å². The minimum absolute atomic E-state index is 0.0657. The Balaban J connectivity index is 1.90. The van der Waals surface area contributed by atoms with E-state index in [0.717, 1.165) is 26.1 Å². The number of aromatic nitrogens is 1. The number of halogens is 1. The van der Waals surface area contributed by atoms with Gasteiger partial charge in [-0.25, -0.2) is 4.98 Å². The number of fused-ring (bicyclic) bond motifs is 1. The van der Waals surface area contributed by atoms with Crippen LogP contribution in [0.5, 0.6) is 0 Å². The molecule has 2 atom stereocenters. The van der Waals surface area contributed by atoms with Crippen molar-refractivity contribution in [1.29, 1.82) is 0 Å². The van der Waals surface area contributed by atoms with Gasteiger partial charge in [0.2, 0.25) is 0 Å². The van der Waals surface area contributed by atoms with Gasteiger partial charge in [0.05, 0.1) is 9.95 Å². The Morgan fingerprint density at radius 2 is 2.39 bits per heavy atom. The summed E-state index contributed by atoms with van der Waals surface area (Å²) in [5.41, 5.74) is -0.0657. The molecule has 18 heavy (non-hydrogen) atoms. The van der Waals surface area contributed by atoms with Crippen molar-refractivity contribution in [1.82, 2.24) is 10.3 Å². The van der Waals surface area contributed by atoms with Gasteiger partial charge in [0, 0.05) is 31.7 Å². The molecular weight excluding hydrogens is 256 g/mol. The van der Waals surface area contributed by atoms with E-state index in [-0.39, 0.29) is 5.69 Å². The number of nitrogens with zero attached hydrogens (tertiary/aromatic N) is 3. The lowest BCUT2D eigenvalue weighted by molar-refractivity contribution is -0.385. The molecule has 0 saturated carbocycles. The summed E-state index contributed by atoms with van der Waals surface area (Å²) in [6.45, 7) is 2.88. The Kier molecular flexibility index (Phi) is 2.83. The number of anilines is 1. The first kappa shape index (κ1) is 11.7. The number of rotatable bonds is 2. The average molecular weight is 269 g/mol. The molecule has 0 spiro atoms. The van der Waals surface area contributed by atoms with E-state index in [2.05, 4.69) is 15.2 Å². The van der Waals surface area contributed by atoms with Crippen molar-refractivity contribution < 1.29 is 4.92 Å². The van der Waals surface area contributed by atoms with E-state index < -0.39 is 4.92 Å². The maximum atomic E-state index is 10.7. The second-order valence-corrected chi connectivity index (χ2v) is 5.13. The van der Waals surface area contributed by atoms with E-state index in [1.807, 2.05) is 0 Å². The summed E-state index contributed by atoms with van der Waals surface area (Å²) in [5, 5.41) is 14.4. The normalized spacial score (nSPS) is 26.4. The van der Waals surface area contributed by atoms with Crippen molar-refractivity contribution in [3.05, 3.63) is 27.4 Å². The van der Waals surface area contributed by atoms with Crippen molar-refractivity contribution in [2.45, 2.75) is 12.5 Å². The lowest BCUT2D eigenvalue weighted by atomic mass is 10.1. The molecule has 3 rings (SSSR count). The second-order valence-electron chi connectivity index (χ2n) is 4.72. The number of pyridine rings is 1. The lowest BCUT2D eigenvalue weighted by Crippen LogP contribution is -2.34. The van der Waals surface area contributed by atoms with Crippen LogP contribution in [0, 0.1) is 16.0 Å². The van der Waals surface area contributed by atoms with Crippen LogP contribution in [-0.4, -0.2) is 35.6 Å². The van der Waals surface area contributed by atoms with E-state index in [9.17, 15) is 10.1 Å². The molecule has 7 heteroatoms. The molecule has 0 bridgehead atoms. The van der Waals surface area contributed by atoms with E-state index in [1.54, 1.807) is 0 Å². The molecule has 0 aliphatic carbocycles. The molecule has 0 aromatic carbocycles. The maximum absolute atomic E-state index is 10.7. The first-order chi connectivity index (χ1) is 8.66. The highest BCUT2D eigenvalue weighted by atomic mass is 35.5. The Morgan fingerprint density at radius 3 is 3.11 bits per heavy atom. The van der Waals surface area contributed by atoms with Crippen LogP contribution < -0.4 is 10.2 Å². The van der Waals surface area contributed by atoms with Gasteiger partial charge in [-0.2, -0.15) is 0 Å². The van der Waals surface area contributed by atoms with Crippen LogP contribution >= 0.6 is 11.6 Å². The molecule has 2 aliphatic heterocycles. The summed E-state index contributed by atoms with van der Waals surface area (Å²) in [5.74, 6) is 1.30. The van der Waals surface area contributed by atoms with Crippen LogP contribution in [-0.2, 0) is 0 Å². The molecule has 0 radical (unpaired) electrons. The number of hydrogen-bond acceptors (Lipinski definition) is 5. The monoisotopic (exact) mass is 268 g/mol. The van der Waals surface area contributed by atoms with Crippen LogP contribution in [0.3, 0.4) is 0 Å². The maximum Gasteiger partial charge on any atom is 0.289 e. The summed E-state index contributed by atoms with van der Waals surface area (Å²) in [4.78, 5) is 16.5. The lowest BCUT2D eigenvalue weighted by Gasteiger charge is -2.25. The van der Waals surface area contributed by atoms with E-state index in [0.29, 0.717) is 22.8 Å². The highest BCUT2D eigenvalue weighted by Gasteiger charge is 2.38. The van der Waals surface area contributed by atoms with Gasteiger partial charge < -0.3 is 10.2 Å². The van der Waals surface area contributed by atoms with Crippen LogP contribution in [0.4, 0.5) is 11.5 Å². The van der Waals surface area contributed by atoms with Crippen molar-refractivity contribution in [3.63, 3.8) is 0 Å². The van der Waals surface area contributed by atoms with Crippen LogP contribution in [0.2, 0.25) is 5.02 Å². The smallest absolute Gasteiger partial charge is 0.289 e. The quantitative estimate of drug-likeness (QED) is 0.649. The Morgan fingerprint density at radius 1 is 1.56 bits per heavy atom. The predicted molar refractivity (Wildman–Crippen MR) is 68.0 cm³/mol. The molecule has 2 saturated heterocycles. The van der Waals surface area contributed by atoms with Gasteiger partial charge in [0.1, 0.15) is 12.0 Å². The minimum atomic E-state index is -0.480. The first-order valence-electron chi connectivity index (χ1n) is 5.94. The van der Waals surface area contributed by atoms with Crippen molar-refractivity contribution in [2.75, 3.05) is 24.5 Å². The van der Waals surface area contributed by atoms with Crippen LogP contribution in [0.1, 0.15) is 6.42 Å². The van der Waals surface area contributed by atoms with Crippen molar-refractivity contribution in [2.24, 2.45) is 5.92 Å². The van der Waals surface area contributed by atoms with Crippen LogP contribution in [0.25, 0.3) is 0 Å². The fourth-order valence-corrected chi connectivity index (χ4v) is 3.11. The minimum Gasteiger partial charge on any atom is -0.351 e. The summed E-state index contributed by atoms with van der Waals surface area (Å²) in [6.07, 6.45) is 2.39. The Hall–Kier alpha value is -1.40. The number of hydrogen-bond donors (Lipinski definition) is 1. The topological polar surface area (TPSA) is 71.3 Å². The second kappa shape index (κ2) is 4.37. The third-order valence-electron chi connectivity index (χ3n) is 3.74. The molecule has 2 fully saturated rings. The zero-order chi connectivity index (χ0) is 12.7. The number of nitrogens with one attached hydrogen (secondary N) is 1. The molecule has 1 aromatic heterocycles. The fourth-order valence-electron chi connectivity index (χ4n) is 2.84. The molecule has 2 aliphatic rings. The van der Waals surface area contributed by atoms with Gasteiger partial charge >= 0.3 is 0 Å². The Bertz CT molecular complexity index is 496. The van der Waals surface area contributed by atoms with Gasteiger partial charge in [-0.05, 0) is 12.3 Å².